The van der Waals surface area contributed by atoms with Gasteiger partial charge in [-0.1, -0.05) is 0 Å². The molecule has 4 atom stereocenters. The van der Waals surface area contributed by atoms with Gasteiger partial charge in [0.25, 0.3) is 0 Å². The van der Waals surface area contributed by atoms with E-state index >= 15 is 0 Å². The van der Waals surface area contributed by atoms with Crippen molar-refractivity contribution in [3.63, 3.8) is 0 Å². The van der Waals surface area contributed by atoms with Gasteiger partial charge in [-0.15, -0.1) is 0 Å². The molecule has 2 heterocycles. The van der Waals surface area contributed by atoms with Crippen LogP contribution < -0.4 is 0 Å². The minimum absolute atomic E-state index is 0.279. The maximum Gasteiger partial charge on any atom is 0.172 e. The summed E-state index contributed by atoms with van der Waals surface area (Å²) in [6, 6.07) is 0. The topological polar surface area (TPSA) is 36.9 Å². The van der Waals surface area contributed by atoms with Gasteiger partial charge < -0.3 is 18.9 Å². The van der Waals surface area contributed by atoms with Crippen molar-refractivity contribution < 1.29 is 18.9 Å². The van der Waals surface area contributed by atoms with Crippen LogP contribution in [0, 0.1) is 23.7 Å². The van der Waals surface area contributed by atoms with E-state index in [4.69, 9.17) is 18.9 Å². The summed E-state index contributed by atoms with van der Waals surface area (Å²) in [4.78, 5) is 0. The second-order valence-electron chi connectivity index (χ2n) is 6.47. The third-order valence-corrected chi connectivity index (χ3v) is 6.08. The smallest absolute Gasteiger partial charge is 0.172 e. The monoisotopic (exact) mass is 252 g/mol. The summed E-state index contributed by atoms with van der Waals surface area (Å²) in [7, 11) is 0. The predicted molar refractivity (Wildman–Crippen MR) is 61.7 cm³/mol. The van der Waals surface area contributed by atoms with Crippen molar-refractivity contribution in [2.45, 2.75) is 37.3 Å². The van der Waals surface area contributed by atoms with Crippen LogP contribution in [0.25, 0.3) is 0 Å². The highest BCUT2D eigenvalue weighted by Crippen LogP contribution is 2.70. The van der Waals surface area contributed by atoms with Gasteiger partial charge in [0.2, 0.25) is 0 Å². The molecule has 0 aromatic heterocycles. The molecule has 18 heavy (non-hydrogen) atoms. The Balaban J connectivity index is 1.51. The van der Waals surface area contributed by atoms with E-state index in [0.717, 1.165) is 51.1 Å². The van der Waals surface area contributed by atoms with Crippen molar-refractivity contribution >= 4 is 0 Å². The van der Waals surface area contributed by atoms with E-state index in [1.807, 2.05) is 0 Å². The lowest BCUT2D eigenvalue weighted by molar-refractivity contribution is -0.289. The first-order valence-electron chi connectivity index (χ1n) is 7.41. The average Bonchev–Trinajstić information content (AvgIpc) is 3.06. The summed E-state index contributed by atoms with van der Waals surface area (Å²) in [5, 5.41) is 0. The zero-order valence-electron chi connectivity index (χ0n) is 10.6. The molecular weight excluding hydrogens is 232 g/mol. The normalized spacial score (nSPS) is 50.7. The van der Waals surface area contributed by atoms with E-state index in [2.05, 4.69) is 0 Å². The number of hydrogen-bond acceptors (Lipinski definition) is 4. The van der Waals surface area contributed by atoms with Gasteiger partial charge in [0, 0.05) is 24.7 Å². The van der Waals surface area contributed by atoms with Gasteiger partial charge in [0.15, 0.2) is 11.6 Å². The zero-order valence-corrected chi connectivity index (χ0v) is 10.6. The molecule has 0 unspecified atom stereocenters. The highest BCUT2D eigenvalue weighted by Gasteiger charge is 2.74. The molecule has 2 aliphatic heterocycles. The fraction of sp³-hybridized carbons (Fsp3) is 1.00. The second kappa shape index (κ2) is 3.29. The Morgan fingerprint density at radius 3 is 1.39 bits per heavy atom. The summed E-state index contributed by atoms with van der Waals surface area (Å²) >= 11 is 0. The molecule has 0 aromatic rings. The molecule has 2 spiro atoms. The molecule has 5 rings (SSSR count). The molecule has 4 nitrogen and oxygen atoms in total. The van der Waals surface area contributed by atoms with Gasteiger partial charge >= 0.3 is 0 Å². The molecule has 100 valence electrons. The lowest BCUT2D eigenvalue weighted by Gasteiger charge is -2.53. The number of ether oxygens (including phenoxy) is 4. The van der Waals surface area contributed by atoms with E-state index in [9.17, 15) is 0 Å². The van der Waals surface area contributed by atoms with Crippen molar-refractivity contribution in [1.29, 1.82) is 0 Å². The minimum Gasteiger partial charge on any atom is -0.347 e. The highest BCUT2D eigenvalue weighted by molar-refractivity contribution is 5.16. The molecule has 0 amide bonds. The molecule has 3 aliphatic carbocycles. The Kier molecular flexibility index (Phi) is 1.94. The first kappa shape index (κ1) is 10.6. The van der Waals surface area contributed by atoms with Crippen LogP contribution in [-0.2, 0) is 18.9 Å². The van der Waals surface area contributed by atoms with Gasteiger partial charge in [-0.25, -0.2) is 0 Å². The lowest BCUT2D eigenvalue weighted by Crippen LogP contribution is -2.58. The van der Waals surface area contributed by atoms with Crippen LogP contribution in [0.2, 0.25) is 0 Å². The van der Waals surface area contributed by atoms with Gasteiger partial charge in [-0.2, -0.15) is 0 Å². The summed E-state index contributed by atoms with van der Waals surface area (Å²) in [6.45, 7) is 3.04. The van der Waals surface area contributed by atoms with E-state index < -0.39 is 0 Å². The average molecular weight is 252 g/mol. The number of fused-ring (bicyclic) bond motifs is 6. The molecule has 5 fully saturated rings. The van der Waals surface area contributed by atoms with Crippen LogP contribution in [-0.4, -0.2) is 38.0 Å². The van der Waals surface area contributed by atoms with Crippen LogP contribution in [0.3, 0.4) is 0 Å². The van der Waals surface area contributed by atoms with Gasteiger partial charge in [0.1, 0.15) is 0 Å². The Bertz CT molecular complexity index is 334. The van der Waals surface area contributed by atoms with E-state index in [1.54, 1.807) is 0 Å². The first-order chi connectivity index (χ1) is 8.85. The molecule has 0 bridgehead atoms. The van der Waals surface area contributed by atoms with Gasteiger partial charge in [0.05, 0.1) is 26.4 Å². The quantitative estimate of drug-likeness (QED) is 0.655. The standard InChI is InChI=1S/C14H20O4/c1-3-13(15-5-6-16-13)11-9(1)10-2-4-14(12(10)11)17-7-8-18-14/h9-12H,1-8H2/t9-,10+,11-,12-/m0/s1. The predicted octanol–water partition coefficient (Wildman–Crippen LogP) is 1.54. The van der Waals surface area contributed by atoms with Crippen LogP contribution in [0.1, 0.15) is 25.7 Å². The van der Waals surface area contributed by atoms with Crippen LogP contribution >= 0.6 is 0 Å². The molecule has 3 saturated carbocycles. The third-order valence-electron chi connectivity index (χ3n) is 6.08. The number of rotatable bonds is 0. The Morgan fingerprint density at radius 2 is 1.00 bits per heavy atom. The molecule has 2 saturated heterocycles. The molecule has 5 aliphatic rings. The molecule has 0 radical (unpaired) electrons. The molecule has 0 N–H and O–H groups in total. The maximum absolute atomic E-state index is 6.01. The zero-order chi connectivity index (χ0) is 11.8. The van der Waals surface area contributed by atoms with Crippen LogP contribution in [0.4, 0.5) is 0 Å². The largest absolute Gasteiger partial charge is 0.347 e. The summed E-state index contributed by atoms with van der Waals surface area (Å²) < 4.78 is 24.1. The summed E-state index contributed by atoms with van der Waals surface area (Å²) in [5.41, 5.74) is 0. The van der Waals surface area contributed by atoms with Crippen molar-refractivity contribution in [2.75, 3.05) is 26.4 Å². The van der Waals surface area contributed by atoms with Gasteiger partial charge in [-0.3, -0.25) is 0 Å². The van der Waals surface area contributed by atoms with Crippen LogP contribution in [0.5, 0.6) is 0 Å². The Labute approximate surface area is 107 Å². The first-order valence-corrected chi connectivity index (χ1v) is 7.41. The Morgan fingerprint density at radius 1 is 0.611 bits per heavy atom. The third kappa shape index (κ3) is 1.04. The summed E-state index contributed by atoms with van der Waals surface area (Å²) in [6.07, 6.45) is 4.68. The van der Waals surface area contributed by atoms with E-state index in [-0.39, 0.29) is 11.6 Å². The second-order valence-corrected chi connectivity index (χ2v) is 6.47. The molecular formula is C14H20O4. The fourth-order valence-corrected chi connectivity index (χ4v) is 5.59. The highest BCUT2D eigenvalue weighted by atomic mass is 16.7. The minimum atomic E-state index is -0.279. The van der Waals surface area contributed by atoms with E-state index in [1.165, 1.54) is 12.8 Å². The van der Waals surface area contributed by atoms with Crippen molar-refractivity contribution in [3.05, 3.63) is 0 Å². The maximum atomic E-state index is 6.01. The van der Waals surface area contributed by atoms with Crippen molar-refractivity contribution in [1.82, 2.24) is 0 Å². The molecule has 0 aromatic carbocycles. The fourth-order valence-electron chi connectivity index (χ4n) is 5.59. The van der Waals surface area contributed by atoms with Crippen molar-refractivity contribution in [2.24, 2.45) is 23.7 Å². The SMILES string of the molecule is C1COC2(CC[C@@H]3[C@@H]4CCC5(OCCO5)[C@@H]4[C@H]32)O1. The lowest BCUT2D eigenvalue weighted by atomic mass is 9.57. The summed E-state index contributed by atoms with van der Waals surface area (Å²) in [5.74, 6) is 2.06. The molecule has 4 heteroatoms. The Hall–Kier alpha value is -0.160. The van der Waals surface area contributed by atoms with E-state index in [0.29, 0.717) is 11.8 Å². The number of hydrogen-bond donors (Lipinski definition) is 0. The van der Waals surface area contributed by atoms with Crippen molar-refractivity contribution in [3.8, 4) is 0 Å². The van der Waals surface area contributed by atoms with Crippen LogP contribution in [0.15, 0.2) is 0 Å². The van der Waals surface area contributed by atoms with Gasteiger partial charge in [-0.05, 0) is 24.7 Å².